The fourth-order valence-electron chi connectivity index (χ4n) is 3.73. The molecule has 3 heterocycles. The molecular formula is C19H34N4. The van der Waals surface area contributed by atoms with Crippen LogP contribution >= 0.6 is 0 Å². The molecule has 4 heteroatoms. The van der Waals surface area contributed by atoms with Crippen LogP contribution < -0.4 is 11.2 Å². The maximum absolute atomic E-state index is 5.68. The van der Waals surface area contributed by atoms with Crippen LogP contribution in [0.3, 0.4) is 0 Å². The van der Waals surface area contributed by atoms with Gasteiger partial charge >= 0.3 is 0 Å². The number of rotatable bonds is 0. The van der Waals surface area contributed by atoms with Crippen molar-refractivity contribution < 1.29 is 0 Å². The molecule has 3 aliphatic heterocycles. The molecule has 1 aromatic rings. The lowest BCUT2D eigenvalue weighted by Gasteiger charge is -2.31. The summed E-state index contributed by atoms with van der Waals surface area (Å²) in [7, 11) is 2.23. The molecule has 23 heavy (non-hydrogen) atoms. The van der Waals surface area contributed by atoms with E-state index in [1.165, 1.54) is 43.7 Å². The summed E-state index contributed by atoms with van der Waals surface area (Å²) in [5, 5.41) is 5.32. The normalized spacial score (nSPS) is 27.0. The van der Waals surface area contributed by atoms with Gasteiger partial charge in [0, 0.05) is 19.6 Å². The Labute approximate surface area is 142 Å². The van der Waals surface area contributed by atoms with Crippen molar-refractivity contribution in [1.29, 1.82) is 0 Å². The molecule has 0 aromatic heterocycles. The molecule has 0 saturated carbocycles. The molecule has 0 radical (unpaired) electrons. The minimum Gasteiger partial charge on any atom is -0.316 e. The molecule has 2 saturated heterocycles. The average molecular weight is 319 g/mol. The Balaban J connectivity index is 0.000000152. The smallest absolute Gasteiger partial charge is 0.0382 e. The number of nitrogens with two attached hydrogens (primary N) is 1. The number of benzene rings is 1. The van der Waals surface area contributed by atoms with E-state index in [1.807, 2.05) is 18.9 Å². The zero-order chi connectivity index (χ0) is 16.7. The number of hydrazine groups is 1. The minimum atomic E-state index is 0.899. The second-order valence-corrected chi connectivity index (χ2v) is 6.72. The molecule has 0 bridgehead atoms. The van der Waals surface area contributed by atoms with Gasteiger partial charge in [0.1, 0.15) is 0 Å². The predicted molar refractivity (Wildman–Crippen MR) is 98.1 cm³/mol. The molecule has 4 rings (SSSR count). The summed E-state index contributed by atoms with van der Waals surface area (Å²) in [6, 6.07) is 8.49. The van der Waals surface area contributed by atoms with Crippen molar-refractivity contribution in [2.45, 2.75) is 33.2 Å². The van der Waals surface area contributed by atoms with Crippen LogP contribution in [0.1, 0.15) is 31.4 Å². The number of piperidine rings is 1. The largest absolute Gasteiger partial charge is 0.316 e. The van der Waals surface area contributed by atoms with Gasteiger partial charge in [0.15, 0.2) is 0 Å². The summed E-state index contributed by atoms with van der Waals surface area (Å²) >= 11 is 0. The number of hydrogen-bond donors (Lipinski definition) is 2. The molecule has 0 aliphatic carbocycles. The van der Waals surface area contributed by atoms with Gasteiger partial charge in [-0.3, -0.25) is 5.84 Å². The van der Waals surface area contributed by atoms with E-state index in [-0.39, 0.29) is 0 Å². The number of fused-ring (bicyclic) bond motifs is 2. The Morgan fingerprint density at radius 3 is 2.52 bits per heavy atom. The first kappa shape index (κ1) is 18.4. The van der Waals surface area contributed by atoms with Crippen molar-refractivity contribution in [3.05, 3.63) is 35.4 Å². The second kappa shape index (κ2) is 9.38. The standard InChI is InChI=1S/C9H12N2.C8H16N2.C2H6/c10-11-6-5-8-3-1-2-4-9(8)7-11;1-10-3-2-7-4-9-5-8(7)6-10;1-2/h1-4H,5-7,10H2;7-9H,2-6H2,1H3;1-2H3. The molecular weight excluding hydrogens is 284 g/mol. The lowest BCUT2D eigenvalue weighted by atomic mass is 9.89. The van der Waals surface area contributed by atoms with Gasteiger partial charge < -0.3 is 10.2 Å². The van der Waals surface area contributed by atoms with Gasteiger partial charge in [0.05, 0.1) is 0 Å². The van der Waals surface area contributed by atoms with Crippen molar-refractivity contribution in [3.8, 4) is 0 Å². The first-order valence-corrected chi connectivity index (χ1v) is 9.18. The lowest BCUT2D eigenvalue weighted by molar-refractivity contribution is 0.178. The van der Waals surface area contributed by atoms with Crippen LogP contribution in [0, 0.1) is 11.8 Å². The van der Waals surface area contributed by atoms with E-state index in [9.17, 15) is 0 Å². The molecule has 2 atom stereocenters. The van der Waals surface area contributed by atoms with Crippen LogP contribution in [0.25, 0.3) is 0 Å². The zero-order valence-electron chi connectivity index (χ0n) is 15.1. The van der Waals surface area contributed by atoms with Gasteiger partial charge in [0.25, 0.3) is 0 Å². The molecule has 0 amide bonds. The molecule has 4 nitrogen and oxygen atoms in total. The molecule has 130 valence electrons. The Bertz CT molecular complexity index is 462. The fraction of sp³-hybridized carbons (Fsp3) is 0.684. The highest BCUT2D eigenvalue weighted by Crippen LogP contribution is 2.25. The van der Waals surface area contributed by atoms with Gasteiger partial charge in [-0.25, -0.2) is 5.01 Å². The van der Waals surface area contributed by atoms with Crippen LogP contribution in [0.2, 0.25) is 0 Å². The van der Waals surface area contributed by atoms with Crippen molar-refractivity contribution >= 4 is 0 Å². The van der Waals surface area contributed by atoms with Crippen LogP contribution in [0.5, 0.6) is 0 Å². The monoisotopic (exact) mass is 318 g/mol. The molecule has 3 aliphatic rings. The summed E-state index contributed by atoms with van der Waals surface area (Å²) in [6.07, 6.45) is 2.50. The quantitative estimate of drug-likeness (QED) is 0.719. The molecule has 1 aromatic carbocycles. The molecule has 0 spiro atoms. The van der Waals surface area contributed by atoms with Crippen LogP contribution in [-0.4, -0.2) is 49.7 Å². The third-order valence-corrected chi connectivity index (χ3v) is 5.07. The number of hydrogen-bond acceptors (Lipinski definition) is 4. The van der Waals surface area contributed by atoms with Crippen molar-refractivity contribution in [3.63, 3.8) is 0 Å². The van der Waals surface area contributed by atoms with E-state index < -0.39 is 0 Å². The van der Waals surface area contributed by atoms with E-state index in [2.05, 4.69) is 41.5 Å². The first-order chi connectivity index (χ1) is 11.2. The summed E-state index contributed by atoms with van der Waals surface area (Å²) in [4.78, 5) is 2.45. The molecule has 2 fully saturated rings. The van der Waals surface area contributed by atoms with Gasteiger partial charge in [0.2, 0.25) is 0 Å². The van der Waals surface area contributed by atoms with Gasteiger partial charge in [-0.1, -0.05) is 38.1 Å². The fourth-order valence-corrected chi connectivity index (χ4v) is 3.73. The van der Waals surface area contributed by atoms with E-state index >= 15 is 0 Å². The Hall–Kier alpha value is -0.940. The van der Waals surface area contributed by atoms with Crippen molar-refractivity contribution in [1.82, 2.24) is 15.2 Å². The topological polar surface area (TPSA) is 44.5 Å². The lowest BCUT2D eigenvalue weighted by Crippen LogP contribution is -2.37. The maximum Gasteiger partial charge on any atom is 0.0382 e. The maximum atomic E-state index is 5.68. The highest BCUT2D eigenvalue weighted by molar-refractivity contribution is 5.28. The number of nitrogens with zero attached hydrogens (tertiary/aromatic N) is 2. The van der Waals surface area contributed by atoms with E-state index in [0.717, 1.165) is 31.3 Å². The Morgan fingerprint density at radius 2 is 1.74 bits per heavy atom. The summed E-state index contributed by atoms with van der Waals surface area (Å²) in [5.74, 6) is 7.64. The summed E-state index contributed by atoms with van der Waals surface area (Å²) in [5.41, 5.74) is 2.83. The SMILES string of the molecule is CC.CN1CCC2CNCC2C1.NN1CCc2ccccc2C1. The third-order valence-electron chi connectivity index (χ3n) is 5.07. The van der Waals surface area contributed by atoms with E-state index in [1.54, 1.807) is 0 Å². The van der Waals surface area contributed by atoms with E-state index in [4.69, 9.17) is 5.84 Å². The van der Waals surface area contributed by atoms with Gasteiger partial charge in [-0.15, -0.1) is 0 Å². The summed E-state index contributed by atoms with van der Waals surface area (Å²) in [6.45, 7) is 11.0. The second-order valence-electron chi connectivity index (χ2n) is 6.72. The van der Waals surface area contributed by atoms with Gasteiger partial charge in [-0.2, -0.15) is 0 Å². The zero-order valence-corrected chi connectivity index (χ0v) is 15.1. The minimum absolute atomic E-state index is 0.899. The first-order valence-electron chi connectivity index (χ1n) is 9.18. The number of likely N-dealkylation sites (tertiary alicyclic amines) is 1. The summed E-state index contributed by atoms with van der Waals surface area (Å²) < 4.78 is 0. The Kier molecular flexibility index (Phi) is 7.50. The predicted octanol–water partition coefficient (Wildman–Crippen LogP) is 2.10. The molecule has 2 unspecified atom stereocenters. The van der Waals surface area contributed by atoms with Crippen molar-refractivity contribution in [2.24, 2.45) is 17.7 Å². The third kappa shape index (κ3) is 5.28. The average Bonchev–Trinajstić information content (AvgIpc) is 3.04. The van der Waals surface area contributed by atoms with Crippen LogP contribution in [0.15, 0.2) is 24.3 Å². The molecule has 3 N–H and O–H groups in total. The van der Waals surface area contributed by atoms with Crippen LogP contribution in [0.4, 0.5) is 0 Å². The van der Waals surface area contributed by atoms with Crippen LogP contribution in [-0.2, 0) is 13.0 Å². The van der Waals surface area contributed by atoms with Crippen molar-refractivity contribution in [2.75, 3.05) is 39.8 Å². The van der Waals surface area contributed by atoms with Gasteiger partial charge in [-0.05, 0) is 62.5 Å². The van der Waals surface area contributed by atoms with E-state index in [0.29, 0.717) is 0 Å². The number of nitrogens with one attached hydrogen (secondary N) is 1. The Morgan fingerprint density at radius 1 is 1.04 bits per heavy atom. The highest BCUT2D eigenvalue weighted by atomic mass is 15.4. The highest BCUT2D eigenvalue weighted by Gasteiger charge is 2.30.